The van der Waals surface area contributed by atoms with E-state index >= 15 is 0 Å². The Morgan fingerprint density at radius 3 is 2.43 bits per heavy atom. The molecule has 2 heterocycles. The Morgan fingerprint density at radius 1 is 1.10 bits per heavy atom. The fraction of sp³-hybridized carbons (Fsp3) is 0.774. The number of ether oxygens (including phenoxy) is 4. The van der Waals surface area contributed by atoms with Gasteiger partial charge in [0.2, 0.25) is 5.91 Å². The molecule has 0 aromatic carbocycles. The fourth-order valence-corrected chi connectivity index (χ4v) is 6.13. The highest BCUT2D eigenvalue weighted by Gasteiger charge is 2.55. The van der Waals surface area contributed by atoms with E-state index in [0.717, 1.165) is 24.8 Å². The van der Waals surface area contributed by atoms with Crippen molar-refractivity contribution < 1.29 is 33.3 Å². The normalized spacial score (nSPS) is 25.0. The van der Waals surface area contributed by atoms with Gasteiger partial charge in [-0.25, -0.2) is 9.59 Å². The number of esters is 1. The number of carbonyl (C=O) groups excluding carboxylic acids is 3. The highest BCUT2D eigenvalue weighted by atomic mass is 16.7. The monoisotopic (exact) mass is 592 g/mol. The number of nitrogens with zero attached hydrogens (tertiary/aromatic N) is 2. The molecule has 2 amide bonds. The maximum atomic E-state index is 13.5. The van der Waals surface area contributed by atoms with Crippen molar-refractivity contribution in [3.05, 3.63) is 23.9 Å². The predicted octanol–water partition coefficient (Wildman–Crippen LogP) is 4.10. The molecular formula is C31H52N4O7. The molecule has 1 saturated carbocycles. The van der Waals surface area contributed by atoms with Gasteiger partial charge in [0.1, 0.15) is 12.2 Å². The van der Waals surface area contributed by atoms with E-state index in [4.69, 9.17) is 18.9 Å². The first-order valence-electron chi connectivity index (χ1n) is 15.5. The number of β-lactam (4-membered cyclic amide) rings is 1. The van der Waals surface area contributed by atoms with Gasteiger partial charge in [0.15, 0.2) is 13.1 Å². The molecule has 5 unspecified atom stereocenters. The minimum Gasteiger partial charge on any atom is -0.464 e. The lowest BCUT2D eigenvalue weighted by molar-refractivity contribution is -0.197. The van der Waals surface area contributed by atoms with Gasteiger partial charge in [-0.1, -0.05) is 40.0 Å². The van der Waals surface area contributed by atoms with Crippen molar-refractivity contribution in [1.29, 1.82) is 0 Å². The van der Waals surface area contributed by atoms with Crippen LogP contribution in [0, 0.1) is 17.8 Å². The topological polar surface area (TPSA) is 119 Å². The zero-order valence-electron chi connectivity index (χ0n) is 26.5. The molecule has 1 saturated heterocycles. The molecule has 6 atom stereocenters. The Morgan fingerprint density at radius 2 is 1.81 bits per heavy atom. The van der Waals surface area contributed by atoms with Crippen LogP contribution in [0.25, 0.3) is 0 Å². The third-order valence-electron chi connectivity index (χ3n) is 8.69. The third-order valence-corrected chi connectivity index (χ3v) is 8.69. The Kier molecular flexibility index (Phi) is 13.1. The van der Waals surface area contributed by atoms with E-state index in [2.05, 4.69) is 31.4 Å². The standard InChI is InChI=1S/C31H52N4O7/c1-8-25(20(3)4)41-19-42-31(38)33-26-18-22(15-16-34(26)6)17-24-27(29(37)40-9-2)35(28(24)36)30(39-7)32-21(5)23-13-11-10-12-14-23/h15-16,18,20-21,23-27,30,32H,8-14,17,19H2,1-7H3,(H,33,38)/t21?,24-,25?,26?,27?,30?/m1/s1. The molecule has 0 spiro atoms. The maximum absolute atomic E-state index is 13.5. The van der Waals surface area contributed by atoms with Crippen LogP contribution in [-0.2, 0) is 28.5 Å². The summed E-state index contributed by atoms with van der Waals surface area (Å²) in [6, 6.07) is -0.636. The minimum absolute atomic E-state index is 0.0138. The maximum Gasteiger partial charge on any atom is 0.411 e. The van der Waals surface area contributed by atoms with E-state index in [1.165, 1.54) is 24.2 Å². The van der Waals surface area contributed by atoms with E-state index in [0.29, 0.717) is 18.3 Å². The molecular weight excluding hydrogens is 540 g/mol. The van der Waals surface area contributed by atoms with Gasteiger partial charge >= 0.3 is 12.1 Å². The summed E-state index contributed by atoms with van der Waals surface area (Å²) < 4.78 is 22.0. The molecule has 1 aliphatic carbocycles. The van der Waals surface area contributed by atoms with Crippen molar-refractivity contribution in [2.75, 3.05) is 27.6 Å². The number of hydrogen-bond acceptors (Lipinski definition) is 9. The average molecular weight is 593 g/mol. The van der Waals surface area contributed by atoms with Gasteiger partial charge in [-0.3, -0.25) is 20.3 Å². The SMILES string of the molecule is CCOC(=O)C1[C@@H](CC2=CC(NC(=O)OCOC(CC)C(C)C)N(C)C=C2)C(=O)N1C(NC(C)C1CCCCC1)OC. The number of allylic oxidation sites excluding steroid dienone is 2. The molecule has 0 aromatic rings. The molecule has 238 valence electrons. The summed E-state index contributed by atoms with van der Waals surface area (Å²) >= 11 is 0. The fourth-order valence-electron chi connectivity index (χ4n) is 6.13. The Hall–Kier alpha value is -2.63. The third kappa shape index (κ3) is 8.70. The lowest BCUT2D eigenvalue weighted by Crippen LogP contribution is -2.71. The molecule has 42 heavy (non-hydrogen) atoms. The highest BCUT2D eigenvalue weighted by Crippen LogP contribution is 2.36. The average Bonchev–Trinajstić information content (AvgIpc) is 2.97. The smallest absolute Gasteiger partial charge is 0.411 e. The zero-order valence-corrected chi connectivity index (χ0v) is 26.5. The molecule has 0 bridgehead atoms. The molecule has 0 aromatic heterocycles. The van der Waals surface area contributed by atoms with Crippen LogP contribution in [0.4, 0.5) is 4.79 Å². The van der Waals surface area contributed by atoms with E-state index in [1.807, 2.05) is 37.2 Å². The molecule has 0 radical (unpaired) electrons. The number of carbonyl (C=O) groups is 3. The second-order valence-electron chi connectivity index (χ2n) is 11.9. The number of alkyl carbamates (subject to hydrolysis) is 1. The van der Waals surface area contributed by atoms with Crippen molar-refractivity contribution in [3.8, 4) is 0 Å². The first kappa shape index (κ1) is 33.9. The zero-order chi connectivity index (χ0) is 30.8. The predicted molar refractivity (Wildman–Crippen MR) is 159 cm³/mol. The number of amides is 2. The first-order chi connectivity index (χ1) is 20.1. The van der Waals surface area contributed by atoms with Crippen LogP contribution in [0.3, 0.4) is 0 Å². The summed E-state index contributed by atoms with van der Waals surface area (Å²) in [7, 11) is 3.37. The number of nitrogens with one attached hydrogen (secondary N) is 2. The molecule has 11 nitrogen and oxygen atoms in total. The van der Waals surface area contributed by atoms with Crippen LogP contribution in [0.15, 0.2) is 23.9 Å². The van der Waals surface area contributed by atoms with E-state index in [1.54, 1.807) is 14.0 Å². The second kappa shape index (κ2) is 16.3. The number of likely N-dealkylation sites (tertiary alicyclic amines) is 1. The first-order valence-corrected chi connectivity index (χ1v) is 15.5. The molecule has 3 aliphatic rings. The minimum atomic E-state index is -0.775. The number of likely N-dealkylation sites (N-methyl/N-ethyl adjacent to an activating group) is 1. The van der Waals surface area contributed by atoms with E-state index < -0.39 is 36.5 Å². The van der Waals surface area contributed by atoms with Gasteiger partial charge < -0.3 is 23.8 Å². The quantitative estimate of drug-likeness (QED) is 0.165. The van der Waals surface area contributed by atoms with Gasteiger partial charge in [-0.2, -0.15) is 0 Å². The van der Waals surface area contributed by atoms with Crippen LogP contribution < -0.4 is 10.6 Å². The molecule has 2 fully saturated rings. The van der Waals surface area contributed by atoms with Crippen molar-refractivity contribution in [3.63, 3.8) is 0 Å². The van der Waals surface area contributed by atoms with Crippen molar-refractivity contribution in [1.82, 2.24) is 20.4 Å². The molecule has 2 N–H and O–H groups in total. The summed E-state index contributed by atoms with van der Waals surface area (Å²) in [5.74, 6) is -0.395. The van der Waals surface area contributed by atoms with Gasteiger partial charge in [0.25, 0.3) is 0 Å². The van der Waals surface area contributed by atoms with Gasteiger partial charge in [-0.15, -0.1) is 0 Å². The summed E-state index contributed by atoms with van der Waals surface area (Å²) in [4.78, 5) is 42.4. The Balaban J connectivity index is 1.64. The molecule has 2 aliphatic heterocycles. The van der Waals surface area contributed by atoms with Gasteiger partial charge in [-0.05, 0) is 69.1 Å². The van der Waals surface area contributed by atoms with Crippen LogP contribution in [0.2, 0.25) is 0 Å². The summed E-state index contributed by atoms with van der Waals surface area (Å²) in [5, 5.41) is 6.28. The largest absolute Gasteiger partial charge is 0.464 e. The summed E-state index contributed by atoms with van der Waals surface area (Å²) in [5.41, 5.74) is 0.824. The highest BCUT2D eigenvalue weighted by molar-refractivity contribution is 5.97. The summed E-state index contributed by atoms with van der Waals surface area (Å²) in [6.07, 6.45) is 10.9. The number of hydrogen-bond donors (Lipinski definition) is 2. The molecule has 3 rings (SSSR count). The lowest BCUT2D eigenvalue weighted by Gasteiger charge is -2.49. The van der Waals surface area contributed by atoms with Crippen LogP contribution in [0.5, 0.6) is 0 Å². The lowest BCUT2D eigenvalue weighted by atomic mass is 9.81. The Bertz CT molecular complexity index is 965. The number of rotatable bonds is 15. The van der Waals surface area contributed by atoms with E-state index in [-0.39, 0.29) is 31.5 Å². The second-order valence-corrected chi connectivity index (χ2v) is 11.9. The van der Waals surface area contributed by atoms with Crippen molar-refractivity contribution in [2.24, 2.45) is 17.8 Å². The van der Waals surface area contributed by atoms with Crippen LogP contribution in [0.1, 0.15) is 79.6 Å². The van der Waals surface area contributed by atoms with Crippen LogP contribution >= 0.6 is 0 Å². The van der Waals surface area contributed by atoms with Crippen molar-refractivity contribution >= 4 is 18.0 Å². The van der Waals surface area contributed by atoms with Crippen LogP contribution in [-0.4, -0.2) is 86.0 Å². The van der Waals surface area contributed by atoms with Gasteiger partial charge in [0.05, 0.1) is 18.6 Å². The Labute approximate surface area is 251 Å². The van der Waals surface area contributed by atoms with Gasteiger partial charge in [0, 0.05) is 26.4 Å². The van der Waals surface area contributed by atoms with E-state index in [9.17, 15) is 14.4 Å². The molecule has 11 heteroatoms. The van der Waals surface area contributed by atoms with Crippen molar-refractivity contribution in [2.45, 2.75) is 110 Å². The number of methoxy groups -OCH3 is 1. The summed E-state index contributed by atoms with van der Waals surface area (Å²) in [6.45, 7) is 10.1.